The van der Waals surface area contributed by atoms with E-state index in [1.165, 1.54) is 32.1 Å². The Kier molecular flexibility index (Phi) is 5.81. The number of aliphatic imine (C=N–C) groups is 1. The molecule has 3 aliphatic rings. The lowest BCUT2D eigenvalue weighted by molar-refractivity contribution is -0.145. The van der Waals surface area contributed by atoms with Crippen molar-refractivity contribution in [2.45, 2.75) is 64.0 Å². The van der Waals surface area contributed by atoms with Crippen molar-refractivity contribution < 1.29 is 9.47 Å². The van der Waals surface area contributed by atoms with Crippen LogP contribution in [0.25, 0.3) is 0 Å². The fourth-order valence-electron chi connectivity index (χ4n) is 4.61. The van der Waals surface area contributed by atoms with Gasteiger partial charge in [0.15, 0.2) is 5.96 Å². The van der Waals surface area contributed by atoms with Crippen LogP contribution in [0, 0.1) is 11.3 Å². The number of rotatable bonds is 5. The Labute approximate surface area is 140 Å². The van der Waals surface area contributed by atoms with Crippen molar-refractivity contribution in [3.05, 3.63) is 0 Å². The summed E-state index contributed by atoms with van der Waals surface area (Å²) in [5.74, 6) is 1.57. The Morgan fingerprint density at radius 1 is 1.30 bits per heavy atom. The summed E-state index contributed by atoms with van der Waals surface area (Å²) >= 11 is 0. The standard InChI is InChI=1S/C18H33N3O2/c1-3-23-16-11-15(18(16)8-5-4-6-9-18)21-17(19-2)20-12-14-7-10-22-13-14/h14-16H,3-13H2,1-2H3,(H2,19,20,21). The molecule has 0 aromatic rings. The van der Waals surface area contributed by atoms with Crippen LogP contribution in [-0.4, -0.2) is 51.5 Å². The minimum Gasteiger partial charge on any atom is -0.381 e. The fourth-order valence-corrected chi connectivity index (χ4v) is 4.61. The molecule has 3 fully saturated rings. The van der Waals surface area contributed by atoms with Crippen LogP contribution < -0.4 is 10.6 Å². The van der Waals surface area contributed by atoms with Crippen LogP contribution >= 0.6 is 0 Å². The van der Waals surface area contributed by atoms with E-state index >= 15 is 0 Å². The molecule has 132 valence electrons. The van der Waals surface area contributed by atoms with Gasteiger partial charge in [0.05, 0.1) is 12.7 Å². The van der Waals surface area contributed by atoms with Crippen molar-refractivity contribution in [2.24, 2.45) is 16.3 Å². The first-order valence-corrected chi connectivity index (χ1v) is 9.45. The van der Waals surface area contributed by atoms with E-state index in [2.05, 4.69) is 22.5 Å². The highest BCUT2D eigenvalue weighted by atomic mass is 16.5. The highest BCUT2D eigenvalue weighted by Crippen LogP contribution is 2.53. The van der Waals surface area contributed by atoms with Gasteiger partial charge in [-0.1, -0.05) is 19.3 Å². The SMILES string of the molecule is CCOC1CC(NC(=NC)NCC2CCOC2)C12CCCCC2. The average molecular weight is 323 g/mol. The second-order valence-electron chi connectivity index (χ2n) is 7.35. The first-order valence-electron chi connectivity index (χ1n) is 9.45. The molecule has 2 saturated carbocycles. The number of nitrogens with one attached hydrogen (secondary N) is 2. The molecule has 0 radical (unpaired) electrons. The predicted molar refractivity (Wildman–Crippen MR) is 92.8 cm³/mol. The summed E-state index contributed by atoms with van der Waals surface area (Å²) in [5.41, 5.74) is 0.336. The molecule has 3 rings (SSSR count). The molecule has 5 nitrogen and oxygen atoms in total. The van der Waals surface area contributed by atoms with E-state index in [4.69, 9.17) is 9.47 Å². The zero-order valence-electron chi connectivity index (χ0n) is 14.8. The molecule has 0 aromatic heterocycles. The minimum absolute atomic E-state index is 0.336. The molecule has 0 aromatic carbocycles. The van der Waals surface area contributed by atoms with Crippen molar-refractivity contribution >= 4 is 5.96 Å². The first kappa shape index (κ1) is 17.0. The molecule has 5 heteroatoms. The van der Waals surface area contributed by atoms with Crippen molar-refractivity contribution in [2.75, 3.05) is 33.4 Å². The van der Waals surface area contributed by atoms with E-state index < -0.39 is 0 Å². The molecule has 1 heterocycles. The van der Waals surface area contributed by atoms with Crippen molar-refractivity contribution in [3.8, 4) is 0 Å². The van der Waals surface area contributed by atoms with Crippen LogP contribution in [-0.2, 0) is 9.47 Å². The molecule has 0 amide bonds. The van der Waals surface area contributed by atoms with Crippen molar-refractivity contribution in [3.63, 3.8) is 0 Å². The Balaban J connectivity index is 1.54. The molecule has 1 aliphatic heterocycles. The number of nitrogens with zero attached hydrogens (tertiary/aromatic N) is 1. The normalized spacial score (nSPS) is 33.5. The third-order valence-electron chi connectivity index (χ3n) is 6.05. The predicted octanol–water partition coefficient (Wildman–Crippen LogP) is 2.32. The molecule has 3 atom stereocenters. The maximum absolute atomic E-state index is 6.04. The van der Waals surface area contributed by atoms with Crippen LogP contribution in [0.1, 0.15) is 51.9 Å². The smallest absolute Gasteiger partial charge is 0.191 e. The quantitative estimate of drug-likeness (QED) is 0.602. The van der Waals surface area contributed by atoms with Gasteiger partial charge in [-0.25, -0.2) is 0 Å². The molecule has 0 bridgehead atoms. The second-order valence-corrected chi connectivity index (χ2v) is 7.35. The van der Waals surface area contributed by atoms with Gasteiger partial charge < -0.3 is 20.1 Å². The Bertz CT molecular complexity index is 401. The first-order chi connectivity index (χ1) is 11.3. The summed E-state index contributed by atoms with van der Waals surface area (Å²) in [6.45, 7) is 5.67. The number of ether oxygens (including phenoxy) is 2. The summed E-state index contributed by atoms with van der Waals surface area (Å²) in [4.78, 5) is 4.43. The van der Waals surface area contributed by atoms with E-state index in [1.54, 1.807) is 0 Å². The summed E-state index contributed by atoms with van der Waals surface area (Å²) in [7, 11) is 1.87. The molecule has 1 saturated heterocycles. The van der Waals surface area contributed by atoms with Gasteiger partial charge in [0.1, 0.15) is 0 Å². The second kappa shape index (κ2) is 7.84. The lowest BCUT2D eigenvalue weighted by Crippen LogP contribution is -2.66. The van der Waals surface area contributed by atoms with E-state index in [-0.39, 0.29) is 0 Å². The zero-order valence-corrected chi connectivity index (χ0v) is 14.8. The van der Waals surface area contributed by atoms with E-state index in [9.17, 15) is 0 Å². The van der Waals surface area contributed by atoms with Gasteiger partial charge in [-0.15, -0.1) is 0 Å². The minimum atomic E-state index is 0.336. The largest absolute Gasteiger partial charge is 0.381 e. The Hall–Kier alpha value is -0.810. The average Bonchev–Trinajstić information content (AvgIpc) is 3.11. The fraction of sp³-hybridized carbons (Fsp3) is 0.944. The zero-order chi connectivity index (χ0) is 16.1. The van der Waals surface area contributed by atoms with Crippen LogP contribution in [0.4, 0.5) is 0 Å². The molecule has 2 N–H and O–H groups in total. The van der Waals surface area contributed by atoms with E-state index in [1.807, 2.05) is 7.05 Å². The summed E-state index contributed by atoms with van der Waals surface area (Å²) in [6.07, 6.45) is 9.35. The highest BCUT2D eigenvalue weighted by Gasteiger charge is 2.55. The Morgan fingerprint density at radius 3 is 2.78 bits per heavy atom. The van der Waals surface area contributed by atoms with Crippen molar-refractivity contribution in [1.29, 1.82) is 0 Å². The van der Waals surface area contributed by atoms with E-state index in [0.717, 1.165) is 45.2 Å². The van der Waals surface area contributed by atoms with Gasteiger partial charge in [0, 0.05) is 44.2 Å². The number of hydrogen-bond donors (Lipinski definition) is 2. The number of hydrogen-bond acceptors (Lipinski definition) is 3. The third kappa shape index (κ3) is 3.66. The highest BCUT2D eigenvalue weighted by molar-refractivity contribution is 5.80. The Morgan fingerprint density at radius 2 is 2.13 bits per heavy atom. The van der Waals surface area contributed by atoms with Gasteiger partial charge in [0.2, 0.25) is 0 Å². The van der Waals surface area contributed by atoms with Crippen LogP contribution in [0.5, 0.6) is 0 Å². The monoisotopic (exact) mass is 323 g/mol. The van der Waals surface area contributed by atoms with E-state index in [0.29, 0.717) is 23.5 Å². The summed E-state index contributed by atoms with van der Waals surface area (Å²) in [5, 5.41) is 7.19. The van der Waals surface area contributed by atoms with Gasteiger partial charge >= 0.3 is 0 Å². The van der Waals surface area contributed by atoms with Crippen molar-refractivity contribution in [1.82, 2.24) is 10.6 Å². The lowest BCUT2D eigenvalue weighted by Gasteiger charge is -2.58. The van der Waals surface area contributed by atoms with Gasteiger partial charge in [-0.2, -0.15) is 0 Å². The molecular formula is C18H33N3O2. The summed E-state index contributed by atoms with van der Waals surface area (Å²) < 4.78 is 11.5. The maximum atomic E-state index is 6.04. The molecule has 23 heavy (non-hydrogen) atoms. The molecular weight excluding hydrogens is 290 g/mol. The topological polar surface area (TPSA) is 54.9 Å². The van der Waals surface area contributed by atoms with Gasteiger partial charge in [-0.3, -0.25) is 4.99 Å². The molecule has 1 spiro atoms. The van der Waals surface area contributed by atoms with Gasteiger partial charge in [0.25, 0.3) is 0 Å². The van der Waals surface area contributed by atoms with Crippen LogP contribution in [0.3, 0.4) is 0 Å². The maximum Gasteiger partial charge on any atom is 0.191 e. The summed E-state index contributed by atoms with van der Waals surface area (Å²) in [6, 6.07) is 0.505. The molecule has 2 aliphatic carbocycles. The molecule has 3 unspecified atom stereocenters. The van der Waals surface area contributed by atoms with Gasteiger partial charge in [-0.05, 0) is 32.6 Å². The van der Waals surface area contributed by atoms with Crippen LogP contribution in [0.2, 0.25) is 0 Å². The third-order valence-corrected chi connectivity index (χ3v) is 6.05. The lowest BCUT2D eigenvalue weighted by atomic mass is 9.55. The van der Waals surface area contributed by atoms with Crippen LogP contribution in [0.15, 0.2) is 4.99 Å². The number of guanidine groups is 1.